The molecule has 0 amide bonds. The predicted octanol–water partition coefficient (Wildman–Crippen LogP) is 2.14. The molecule has 12 heavy (non-hydrogen) atoms. The monoisotopic (exact) mass is 176 g/mol. The molecule has 1 aromatic rings. The minimum Gasteiger partial charge on any atom is -0.388 e. The van der Waals surface area contributed by atoms with Crippen LogP contribution in [0.25, 0.3) is 0 Å². The summed E-state index contributed by atoms with van der Waals surface area (Å²) in [5, 5.41) is 2.60. The highest BCUT2D eigenvalue weighted by molar-refractivity contribution is 5.42. The van der Waals surface area contributed by atoms with Crippen molar-refractivity contribution in [2.75, 3.05) is 12.4 Å². The van der Waals surface area contributed by atoms with Crippen molar-refractivity contribution in [3.8, 4) is 0 Å². The maximum atomic E-state index is 12.0. The quantitative estimate of drug-likeness (QED) is 0.709. The number of hydrogen-bond acceptors (Lipinski definition) is 2. The zero-order valence-corrected chi connectivity index (χ0v) is 6.31. The fourth-order valence-corrected chi connectivity index (χ4v) is 0.741. The van der Waals surface area contributed by atoms with Gasteiger partial charge in [0.25, 0.3) is 0 Å². The second-order valence-electron chi connectivity index (χ2n) is 2.18. The van der Waals surface area contributed by atoms with Gasteiger partial charge in [-0.2, -0.15) is 13.2 Å². The van der Waals surface area contributed by atoms with Gasteiger partial charge in [-0.3, -0.25) is 4.98 Å². The van der Waals surface area contributed by atoms with Crippen molar-refractivity contribution in [1.29, 1.82) is 0 Å². The molecule has 0 spiro atoms. The lowest BCUT2D eigenvalue weighted by Gasteiger charge is -2.06. The fraction of sp³-hybridized carbons (Fsp3) is 0.286. The van der Waals surface area contributed by atoms with Gasteiger partial charge in [0.05, 0.1) is 0 Å². The average molecular weight is 176 g/mol. The van der Waals surface area contributed by atoms with Crippen LogP contribution in [-0.2, 0) is 6.18 Å². The topological polar surface area (TPSA) is 24.9 Å². The Bertz CT molecular complexity index is 270. The molecule has 0 bridgehead atoms. The maximum absolute atomic E-state index is 12.0. The van der Waals surface area contributed by atoms with Crippen LogP contribution < -0.4 is 5.32 Å². The molecule has 2 nitrogen and oxygen atoms in total. The first-order valence-corrected chi connectivity index (χ1v) is 3.25. The summed E-state index contributed by atoms with van der Waals surface area (Å²) in [4.78, 5) is 3.19. The van der Waals surface area contributed by atoms with Gasteiger partial charge >= 0.3 is 6.18 Å². The van der Waals surface area contributed by atoms with Crippen molar-refractivity contribution in [2.45, 2.75) is 6.18 Å². The van der Waals surface area contributed by atoms with E-state index in [0.717, 1.165) is 12.3 Å². The molecule has 0 aliphatic heterocycles. The van der Waals surface area contributed by atoms with Crippen molar-refractivity contribution in [2.24, 2.45) is 0 Å². The van der Waals surface area contributed by atoms with Gasteiger partial charge in [0.15, 0.2) is 0 Å². The van der Waals surface area contributed by atoms with Crippen LogP contribution in [0.4, 0.5) is 18.9 Å². The molecule has 0 aliphatic carbocycles. The third-order valence-corrected chi connectivity index (χ3v) is 1.34. The summed E-state index contributed by atoms with van der Waals surface area (Å²) in [6.07, 6.45) is -3.25. The van der Waals surface area contributed by atoms with Gasteiger partial charge in [-0.15, -0.1) is 0 Å². The van der Waals surface area contributed by atoms with Gasteiger partial charge in [-0.25, -0.2) is 0 Å². The van der Waals surface area contributed by atoms with Crippen molar-refractivity contribution in [1.82, 2.24) is 4.98 Å². The Balaban J connectivity index is 3.02. The van der Waals surface area contributed by atoms with Crippen molar-refractivity contribution >= 4 is 5.69 Å². The average Bonchev–Trinajstić information content (AvgIpc) is 2.03. The Hall–Kier alpha value is -1.26. The summed E-state index contributed by atoms with van der Waals surface area (Å²) in [5.41, 5.74) is -0.480. The number of aromatic nitrogens is 1. The van der Waals surface area contributed by atoms with Crippen LogP contribution >= 0.6 is 0 Å². The standard InChI is InChI=1S/C7H7F3N2/c1-11-5-2-3-12-6(4-5)7(8,9)10/h2-4H,1H3,(H,11,12). The summed E-state index contributed by atoms with van der Waals surface area (Å²) >= 11 is 0. The number of halogens is 3. The third kappa shape index (κ3) is 1.87. The van der Waals surface area contributed by atoms with Gasteiger partial charge in [0.1, 0.15) is 5.69 Å². The number of nitrogens with zero attached hydrogens (tertiary/aromatic N) is 1. The number of pyridine rings is 1. The molecule has 1 aromatic heterocycles. The summed E-state index contributed by atoms with van der Waals surface area (Å²) < 4.78 is 36.0. The van der Waals surface area contributed by atoms with Crippen LogP contribution in [0.2, 0.25) is 0 Å². The molecule has 0 aliphatic rings. The first-order chi connectivity index (χ1) is 5.54. The third-order valence-electron chi connectivity index (χ3n) is 1.34. The number of alkyl halides is 3. The molecule has 0 radical (unpaired) electrons. The first kappa shape index (κ1) is 8.83. The molecule has 66 valence electrons. The minimum atomic E-state index is -4.37. The van der Waals surface area contributed by atoms with Gasteiger partial charge in [0.2, 0.25) is 0 Å². The number of anilines is 1. The molecule has 0 atom stereocenters. The highest BCUT2D eigenvalue weighted by Gasteiger charge is 2.32. The van der Waals surface area contributed by atoms with Gasteiger partial charge in [0, 0.05) is 18.9 Å². The second kappa shape index (κ2) is 3.00. The number of hydrogen-bond donors (Lipinski definition) is 1. The smallest absolute Gasteiger partial charge is 0.388 e. The van der Waals surface area contributed by atoms with Crippen molar-refractivity contribution in [3.05, 3.63) is 24.0 Å². The largest absolute Gasteiger partial charge is 0.433 e. The number of rotatable bonds is 1. The fourth-order valence-electron chi connectivity index (χ4n) is 0.741. The molecule has 0 unspecified atom stereocenters. The zero-order valence-electron chi connectivity index (χ0n) is 6.31. The lowest BCUT2D eigenvalue weighted by molar-refractivity contribution is -0.141. The number of nitrogens with one attached hydrogen (secondary N) is 1. The van der Waals surface area contributed by atoms with Gasteiger partial charge < -0.3 is 5.32 Å². The van der Waals surface area contributed by atoms with Crippen LogP contribution in [-0.4, -0.2) is 12.0 Å². The van der Waals surface area contributed by atoms with E-state index >= 15 is 0 Å². The van der Waals surface area contributed by atoms with E-state index in [1.807, 2.05) is 0 Å². The Kier molecular flexibility index (Phi) is 2.21. The Morgan fingerprint density at radius 1 is 1.42 bits per heavy atom. The van der Waals surface area contributed by atoms with Crippen LogP contribution in [0.5, 0.6) is 0 Å². The highest BCUT2D eigenvalue weighted by atomic mass is 19.4. The minimum absolute atomic E-state index is 0.400. The van der Waals surface area contributed by atoms with Crippen LogP contribution in [0.15, 0.2) is 18.3 Å². The van der Waals surface area contributed by atoms with Crippen molar-refractivity contribution < 1.29 is 13.2 Å². The Labute approximate surface area is 67.4 Å². The van der Waals surface area contributed by atoms with E-state index in [-0.39, 0.29) is 0 Å². The van der Waals surface area contributed by atoms with E-state index in [4.69, 9.17) is 0 Å². The highest BCUT2D eigenvalue weighted by Crippen LogP contribution is 2.28. The molecular formula is C7H7F3N2. The van der Waals surface area contributed by atoms with E-state index in [2.05, 4.69) is 10.3 Å². The molecule has 5 heteroatoms. The zero-order chi connectivity index (χ0) is 9.19. The summed E-state index contributed by atoms with van der Waals surface area (Å²) in [7, 11) is 1.55. The van der Waals surface area contributed by atoms with Gasteiger partial charge in [-0.05, 0) is 12.1 Å². The van der Waals surface area contributed by atoms with E-state index in [9.17, 15) is 13.2 Å². The van der Waals surface area contributed by atoms with Crippen LogP contribution in [0.3, 0.4) is 0 Å². The van der Waals surface area contributed by atoms with E-state index in [1.54, 1.807) is 7.05 Å². The molecule has 0 fully saturated rings. The molecule has 1 heterocycles. The lowest BCUT2D eigenvalue weighted by atomic mass is 10.3. The SMILES string of the molecule is CNc1ccnc(C(F)(F)F)c1. The first-order valence-electron chi connectivity index (χ1n) is 3.25. The summed E-state index contributed by atoms with van der Waals surface area (Å²) in [6.45, 7) is 0. The summed E-state index contributed by atoms with van der Waals surface area (Å²) in [6, 6.07) is 2.43. The van der Waals surface area contributed by atoms with E-state index in [0.29, 0.717) is 5.69 Å². The van der Waals surface area contributed by atoms with Crippen molar-refractivity contribution in [3.63, 3.8) is 0 Å². The van der Waals surface area contributed by atoms with E-state index < -0.39 is 11.9 Å². The van der Waals surface area contributed by atoms with E-state index in [1.165, 1.54) is 6.07 Å². The Morgan fingerprint density at radius 2 is 2.08 bits per heavy atom. The Morgan fingerprint density at radius 3 is 2.58 bits per heavy atom. The summed E-state index contributed by atoms with van der Waals surface area (Å²) in [5.74, 6) is 0. The molecule has 0 saturated carbocycles. The van der Waals surface area contributed by atoms with Gasteiger partial charge in [-0.1, -0.05) is 0 Å². The molecule has 0 aromatic carbocycles. The predicted molar refractivity (Wildman–Crippen MR) is 38.8 cm³/mol. The normalized spacial score (nSPS) is 11.3. The molecule has 1 rings (SSSR count). The van der Waals surface area contributed by atoms with Crippen LogP contribution in [0, 0.1) is 0 Å². The molecule has 1 N–H and O–H groups in total. The maximum Gasteiger partial charge on any atom is 0.433 e. The van der Waals surface area contributed by atoms with Crippen LogP contribution in [0.1, 0.15) is 5.69 Å². The molecular weight excluding hydrogens is 169 g/mol. The second-order valence-corrected chi connectivity index (χ2v) is 2.18. The molecule has 0 saturated heterocycles. The lowest BCUT2D eigenvalue weighted by Crippen LogP contribution is -2.07.